The Morgan fingerprint density at radius 1 is 1.14 bits per heavy atom. The summed E-state index contributed by atoms with van der Waals surface area (Å²) < 4.78 is 25.5. The van der Waals surface area contributed by atoms with Gasteiger partial charge in [0.1, 0.15) is 12.4 Å². The van der Waals surface area contributed by atoms with Crippen molar-refractivity contribution in [2.24, 2.45) is 0 Å². The number of nitrogens with zero attached hydrogens (tertiary/aromatic N) is 3. The molecule has 0 bridgehead atoms. The molecule has 0 unspecified atom stereocenters. The average molecular weight is 483 g/mol. The average Bonchev–Trinajstić information content (AvgIpc) is 3.26. The van der Waals surface area contributed by atoms with E-state index in [2.05, 4.69) is 10.3 Å². The maximum atomic E-state index is 14.0. The van der Waals surface area contributed by atoms with Crippen LogP contribution in [0.25, 0.3) is 11.0 Å². The number of halogens is 1. The summed E-state index contributed by atoms with van der Waals surface area (Å²) in [7, 11) is 3.12. The molecule has 1 aliphatic rings. The molecule has 0 radical (unpaired) electrons. The number of nitrogens with one attached hydrogen (secondary N) is 1. The Kier molecular flexibility index (Phi) is 8.09. The molecule has 0 saturated carbocycles. The van der Waals surface area contributed by atoms with Crippen LogP contribution in [0.1, 0.15) is 41.6 Å². The van der Waals surface area contributed by atoms with Crippen LogP contribution in [-0.4, -0.2) is 66.3 Å². The van der Waals surface area contributed by atoms with E-state index in [4.69, 9.17) is 9.47 Å². The number of aromatic nitrogens is 2. The van der Waals surface area contributed by atoms with E-state index in [1.54, 1.807) is 37.7 Å². The molecule has 2 heterocycles. The van der Waals surface area contributed by atoms with Crippen molar-refractivity contribution in [1.29, 1.82) is 0 Å². The summed E-state index contributed by atoms with van der Waals surface area (Å²) in [6.07, 6.45) is 5.38. The van der Waals surface area contributed by atoms with Gasteiger partial charge in [-0.2, -0.15) is 0 Å². The number of carbonyl (C=O) groups is 2. The number of likely N-dealkylation sites (tertiary alicyclic amines) is 1. The van der Waals surface area contributed by atoms with Gasteiger partial charge in [0.15, 0.2) is 0 Å². The molecule has 1 atom stereocenters. The monoisotopic (exact) mass is 482 g/mol. The number of benzene rings is 2. The van der Waals surface area contributed by atoms with E-state index in [0.29, 0.717) is 42.0 Å². The van der Waals surface area contributed by atoms with Crippen LogP contribution in [-0.2, 0) is 20.8 Å². The van der Waals surface area contributed by atoms with Crippen LogP contribution >= 0.6 is 0 Å². The summed E-state index contributed by atoms with van der Waals surface area (Å²) >= 11 is 0. The minimum atomic E-state index is -0.313. The van der Waals surface area contributed by atoms with Gasteiger partial charge in [0, 0.05) is 45.6 Å². The Balaban J connectivity index is 1.74. The quantitative estimate of drug-likeness (QED) is 0.501. The van der Waals surface area contributed by atoms with E-state index in [9.17, 15) is 14.0 Å². The molecular formula is C26H31FN4O4. The molecule has 186 valence electrons. The van der Waals surface area contributed by atoms with Crippen molar-refractivity contribution in [2.45, 2.75) is 38.3 Å². The van der Waals surface area contributed by atoms with Crippen LogP contribution < -0.4 is 5.32 Å². The molecule has 0 spiro atoms. The second-order valence-corrected chi connectivity index (χ2v) is 8.80. The molecule has 8 nitrogen and oxygen atoms in total. The lowest BCUT2D eigenvalue weighted by Crippen LogP contribution is -2.44. The maximum Gasteiger partial charge on any atom is 0.256 e. The number of imidazole rings is 1. The van der Waals surface area contributed by atoms with Gasteiger partial charge in [-0.3, -0.25) is 9.59 Å². The van der Waals surface area contributed by atoms with Crippen LogP contribution in [0.3, 0.4) is 0 Å². The Hall–Kier alpha value is -3.30. The largest absolute Gasteiger partial charge is 0.385 e. The molecule has 9 heteroatoms. The molecule has 4 rings (SSSR count). The minimum Gasteiger partial charge on any atom is -0.385 e. The van der Waals surface area contributed by atoms with Crippen LogP contribution in [0, 0.1) is 5.82 Å². The van der Waals surface area contributed by atoms with E-state index in [1.165, 1.54) is 19.2 Å². The fourth-order valence-corrected chi connectivity index (χ4v) is 4.66. The van der Waals surface area contributed by atoms with Crippen LogP contribution in [0.4, 0.5) is 10.1 Å². The lowest BCUT2D eigenvalue weighted by molar-refractivity contribution is -0.119. The third-order valence-electron chi connectivity index (χ3n) is 6.31. The van der Waals surface area contributed by atoms with Crippen molar-refractivity contribution in [3.8, 4) is 0 Å². The molecule has 1 aromatic heterocycles. The van der Waals surface area contributed by atoms with Crippen LogP contribution in [0.15, 0.2) is 42.7 Å². The van der Waals surface area contributed by atoms with E-state index in [0.717, 1.165) is 31.2 Å². The molecule has 2 aromatic carbocycles. The van der Waals surface area contributed by atoms with Gasteiger partial charge in [0.05, 0.1) is 22.9 Å². The number of rotatable bonds is 9. The van der Waals surface area contributed by atoms with Gasteiger partial charge in [0.25, 0.3) is 5.91 Å². The fourth-order valence-electron chi connectivity index (χ4n) is 4.66. The summed E-state index contributed by atoms with van der Waals surface area (Å²) in [6, 6.07) is 9.81. The topological polar surface area (TPSA) is 85.7 Å². The van der Waals surface area contributed by atoms with E-state index in [-0.39, 0.29) is 30.3 Å². The number of ether oxygens (including phenoxy) is 2. The molecule has 1 aliphatic heterocycles. The predicted octanol–water partition coefficient (Wildman–Crippen LogP) is 3.84. The first kappa shape index (κ1) is 24.8. The fraction of sp³-hybridized carbons (Fsp3) is 0.423. The highest BCUT2D eigenvalue weighted by atomic mass is 19.1. The number of fused-ring (bicyclic) bond motifs is 1. The third kappa shape index (κ3) is 5.86. The number of hydrogen-bond acceptors (Lipinski definition) is 5. The summed E-state index contributed by atoms with van der Waals surface area (Å²) in [6.45, 7) is 1.59. The molecule has 2 amide bonds. The van der Waals surface area contributed by atoms with Crippen molar-refractivity contribution in [3.05, 3.63) is 59.7 Å². The number of piperidine rings is 1. The smallest absolute Gasteiger partial charge is 0.256 e. The second-order valence-electron chi connectivity index (χ2n) is 8.80. The van der Waals surface area contributed by atoms with Crippen LogP contribution in [0.5, 0.6) is 0 Å². The highest BCUT2D eigenvalue weighted by Gasteiger charge is 2.29. The molecule has 1 saturated heterocycles. The highest BCUT2D eigenvalue weighted by molar-refractivity contribution is 6.07. The zero-order chi connectivity index (χ0) is 24.8. The summed E-state index contributed by atoms with van der Waals surface area (Å²) in [5.74, 6) is -0.713. The van der Waals surface area contributed by atoms with Gasteiger partial charge in [-0.1, -0.05) is 12.1 Å². The van der Waals surface area contributed by atoms with E-state index < -0.39 is 0 Å². The third-order valence-corrected chi connectivity index (χ3v) is 6.31. The number of anilines is 1. The predicted molar refractivity (Wildman–Crippen MR) is 131 cm³/mol. The molecule has 35 heavy (non-hydrogen) atoms. The van der Waals surface area contributed by atoms with Gasteiger partial charge in [-0.15, -0.1) is 0 Å². The van der Waals surface area contributed by atoms with Gasteiger partial charge in [0.2, 0.25) is 5.91 Å². The number of carbonyl (C=O) groups excluding carboxylic acids is 2. The van der Waals surface area contributed by atoms with Crippen molar-refractivity contribution in [2.75, 3.05) is 39.3 Å². The van der Waals surface area contributed by atoms with E-state index >= 15 is 0 Å². The zero-order valence-electron chi connectivity index (χ0n) is 20.1. The SMILES string of the molecule is COCC[C@H]1CCCCN1C(=O)c1cc(NC(=O)COC)cc2ncn(Cc3ccc(F)cc3)c12. The lowest BCUT2D eigenvalue weighted by atomic mass is 9.98. The summed E-state index contributed by atoms with van der Waals surface area (Å²) in [5, 5.41) is 2.80. The first-order valence-electron chi connectivity index (χ1n) is 11.8. The van der Waals surface area contributed by atoms with Gasteiger partial charge in [-0.25, -0.2) is 9.37 Å². The Morgan fingerprint density at radius 3 is 2.69 bits per heavy atom. The van der Waals surface area contributed by atoms with Gasteiger partial charge >= 0.3 is 0 Å². The number of methoxy groups -OCH3 is 2. The second kappa shape index (κ2) is 11.4. The van der Waals surface area contributed by atoms with E-state index in [1.807, 2.05) is 9.47 Å². The molecule has 3 aromatic rings. The zero-order valence-corrected chi connectivity index (χ0v) is 20.1. The minimum absolute atomic E-state index is 0.0893. The molecular weight excluding hydrogens is 451 g/mol. The maximum absolute atomic E-state index is 14.0. The first-order chi connectivity index (χ1) is 17.0. The number of amides is 2. The summed E-state index contributed by atoms with van der Waals surface area (Å²) in [5.41, 5.74) is 3.12. The van der Waals surface area contributed by atoms with Crippen molar-refractivity contribution >= 4 is 28.5 Å². The molecule has 1 N–H and O–H groups in total. The number of hydrogen-bond donors (Lipinski definition) is 1. The first-order valence-corrected chi connectivity index (χ1v) is 11.8. The molecule has 0 aliphatic carbocycles. The highest BCUT2D eigenvalue weighted by Crippen LogP contribution is 2.29. The standard InChI is InChI=1S/C26H31FN4O4/c1-34-12-10-21-5-3-4-11-31(21)26(33)22-13-20(29-24(32)16-35-2)14-23-25(22)30(17-28-23)15-18-6-8-19(27)9-7-18/h6-9,13-14,17,21H,3-5,10-12,15-16H2,1-2H3,(H,29,32)/t21-/m1/s1. The van der Waals surface area contributed by atoms with Gasteiger partial charge in [-0.05, 0) is 55.5 Å². The Bertz CT molecular complexity index is 1180. The lowest BCUT2D eigenvalue weighted by Gasteiger charge is -2.36. The Morgan fingerprint density at radius 2 is 1.94 bits per heavy atom. The summed E-state index contributed by atoms with van der Waals surface area (Å²) in [4.78, 5) is 32.6. The Labute approximate surface area is 204 Å². The van der Waals surface area contributed by atoms with Crippen molar-refractivity contribution in [3.63, 3.8) is 0 Å². The van der Waals surface area contributed by atoms with Crippen LogP contribution in [0.2, 0.25) is 0 Å². The normalized spacial score (nSPS) is 16.0. The van der Waals surface area contributed by atoms with Crippen molar-refractivity contribution in [1.82, 2.24) is 14.5 Å². The van der Waals surface area contributed by atoms with Crippen molar-refractivity contribution < 1.29 is 23.5 Å². The molecule has 1 fully saturated rings. The van der Waals surface area contributed by atoms with Gasteiger partial charge < -0.3 is 24.3 Å².